The summed E-state index contributed by atoms with van der Waals surface area (Å²) in [5.41, 5.74) is 2.98. The first kappa shape index (κ1) is 22.2. The number of rotatable bonds is 4. The average Bonchev–Trinajstić information content (AvgIpc) is 3.26. The number of nitrogens with zero attached hydrogens (tertiary/aromatic N) is 5. The Labute approximate surface area is 197 Å². The molecule has 5 rings (SSSR count). The van der Waals surface area contributed by atoms with Crippen LogP contribution in [0.4, 0.5) is 10.2 Å². The van der Waals surface area contributed by atoms with Crippen molar-refractivity contribution in [2.45, 2.75) is 44.6 Å². The Morgan fingerprint density at radius 2 is 2.03 bits per heavy atom. The summed E-state index contributed by atoms with van der Waals surface area (Å²) in [6.07, 6.45) is 7.48. The number of amides is 1. The van der Waals surface area contributed by atoms with Crippen LogP contribution in [-0.2, 0) is 11.2 Å². The number of fused-ring (bicyclic) bond motifs is 1. The maximum absolute atomic E-state index is 14.7. The standard InChI is InChI=1S/C25H27FN6O2/c1-15(18-6-11-29-23(34-3)20(18)26)24(33)32-12-8-25(14-32)7-5-17-13-19(16(2)30-21(17)31-25)22-27-9-4-10-28-22/h4,6,9-11,13,15H,5,7-8,12,14H2,1-3H3,(H,30,31)/t15-,25+/m1/s1. The Hall–Kier alpha value is -3.62. The average molecular weight is 463 g/mol. The van der Waals surface area contributed by atoms with Gasteiger partial charge in [-0.15, -0.1) is 0 Å². The van der Waals surface area contributed by atoms with Crippen molar-refractivity contribution >= 4 is 11.7 Å². The summed E-state index contributed by atoms with van der Waals surface area (Å²) in [6.45, 7) is 4.86. The largest absolute Gasteiger partial charge is 0.479 e. The molecule has 0 aliphatic carbocycles. The number of aryl methyl sites for hydroxylation is 2. The van der Waals surface area contributed by atoms with Crippen LogP contribution in [0.1, 0.15) is 42.5 Å². The summed E-state index contributed by atoms with van der Waals surface area (Å²) in [4.78, 5) is 32.5. The maximum atomic E-state index is 14.7. The minimum absolute atomic E-state index is 0.0951. The number of anilines is 1. The molecule has 3 aromatic rings. The Bertz CT molecular complexity index is 1240. The second-order valence-electron chi connectivity index (χ2n) is 9.06. The third-order valence-corrected chi connectivity index (χ3v) is 6.94. The highest BCUT2D eigenvalue weighted by atomic mass is 19.1. The smallest absolute Gasteiger partial charge is 0.250 e. The quantitative estimate of drug-likeness (QED) is 0.634. The zero-order valence-electron chi connectivity index (χ0n) is 19.5. The van der Waals surface area contributed by atoms with Gasteiger partial charge in [-0.2, -0.15) is 0 Å². The van der Waals surface area contributed by atoms with Crippen LogP contribution in [0.25, 0.3) is 11.4 Å². The lowest BCUT2D eigenvalue weighted by Crippen LogP contribution is -2.46. The summed E-state index contributed by atoms with van der Waals surface area (Å²) >= 11 is 0. The Morgan fingerprint density at radius 3 is 2.79 bits per heavy atom. The van der Waals surface area contributed by atoms with Gasteiger partial charge in [0.25, 0.3) is 0 Å². The monoisotopic (exact) mass is 462 g/mol. The summed E-state index contributed by atoms with van der Waals surface area (Å²) in [6, 6.07) is 5.46. The zero-order chi connectivity index (χ0) is 23.9. The number of likely N-dealkylation sites (tertiary alicyclic amines) is 1. The van der Waals surface area contributed by atoms with E-state index in [2.05, 4.69) is 26.3 Å². The number of hydrogen-bond acceptors (Lipinski definition) is 7. The highest BCUT2D eigenvalue weighted by molar-refractivity contribution is 5.84. The highest BCUT2D eigenvalue weighted by Crippen LogP contribution is 2.39. The first-order valence-electron chi connectivity index (χ1n) is 11.4. The molecule has 8 nitrogen and oxygen atoms in total. The lowest BCUT2D eigenvalue weighted by atomic mass is 9.86. The molecule has 3 aromatic heterocycles. The fraction of sp³-hybridized carbons (Fsp3) is 0.400. The third-order valence-electron chi connectivity index (χ3n) is 6.94. The van der Waals surface area contributed by atoms with Crippen LogP contribution in [0.5, 0.6) is 5.88 Å². The molecule has 2 aliphatic rings. The third kappa shape index (κ3) is 3.85. The molecule has 0 unspecified atom stereocenters. The molecule has 0 bridgehead atoms. The summed E-state index contributed by atoms with van der Waals surface area (Å²) in [5.74, 6) is 0.122. The molecule has 1 spiro atoms. The van der Waals surface area contributed by atoms with Crippen molar-refractivity contribution in [1.29, 1.82) is 0 Å². The van der Waals surface area contributed by atoms with E-state index >= 15 is 0 Å². The number of methoxy groups -OCH3 is 1. The number of hydrogen-bond donors (Lipinski definition) is 1. The minimum atomic E-state index is -0.628. The first-order chi connectivity index (χ1) is 16.4. The molecule has 1 fully saturated rings. The molecular weight excluding hydrogens is 435 g/mol. The second-order valence-corrected chi connectivity index (χ2v) is 9.06. The second kappa shape index (κ2) is 8.62. The Kier molecular flexibility index (Phi) is 5.63. The molecule has 0 aromatic carbocycles. The fourth-order valence-electron chi connectivity index (χ4n) is 4.99. The molecule has 2 atom stereocenters. The number of halogens is 1. The highest BCUT2D eigenvalue weighted by Gasteiger charge is 2.43. The molecular formula is C25H27FN6O2. The van der Waals surface area contributed by atoms with E-state index in [-0.39, 0.29) is 17.3 Å². The molecule has 0 saturated carbocycles. The molecule has 9 heteroatoms. The minimum Gasteiger partial charge on any atom is -0.479 e. The van der Waals surface area contributed by atoms with E-state index in [4.69, 9.17) is 9.72 Å². The van der Waals surface area contributed by atoms with Crippen LogP contribution in [0, 0.1) is 12.7 Å². The van der Waals surface area contributed by atoms with Gasteiger partial charge in [0.05, 0.1) is 24.3 Å². The Balaban J connectivity index is 1.33. The van der Waals surface area contributed by atoms with E-state index in [9.17, 15) is 9.18 Å². The van der Waals surface area contributed by atoms with Gasteiger partial charge in [0, 0.05) is 42.8 Å². The Morgan fingerprint density at radius 1 is 1.24 bits per heavy atom. The van der Waals surface area contributed by atoms with Crippen molar-refractivity contribution in [2.24, 2.45) is 0 Å². The van der Waals surface area contributed by atoms with E-state index in [0.717, 1.165) is 41.9 Å². The first-order valence-corrected chi connectivity index (χ1v) is 11.4. The number of aromatic nitrogens is 4. The normalized spacial score (nSPS) is 20.1. The predicted octanol–water partition coefficient (Wildman–Crippen LogP) is 3.52. The van der Waals surface area contributed by atoms with Gasteiger partial charge in [-0.05, 0) is 56.9 Å². The molecule has 5 heterocycles. The molecule has 34 heavy (non-hydrogen) atoms. The zero-order valence-corrected chi connectivity index (χ0v) is 19.5. The van der Waals surface area contributed by atoms with Crippen LogP contribution in [0.15, 0.2) is 36.8 Å². The van der Waals surface area contributed by atoms with Crippen molar-refractivity contribution in [2.75, 3.05) is 25.5 Å². The topological polar surface area (TPSA) is 93.1 Å². The van der Waals surface area contributed by atoms with E-state index < -0.39 is 11.7 Å². The lowest BCUT2D eigenvalue weighted by molar-refractivity contribution is -0.131. The van der Waals surface area contributed by atoms with Gasteiger partial charge in [-0.1, -0.05) is 0 Å². The molecule has 1 saturated heterocycles. The van der Waals surface area contributed by atoms with Crippen LogP contribution in [-0.4, -0.2) is 56.5 Å². The molecule has 1 N–H and O–H groups in total. The summed E-state index contributed by atoms with van der Waals surface area (Å²) < 4.78 is 19.7. The number of carbonyl (C=O) groups excluding carboxylic acids is 1. The van der Waals surface area contributed by atoms with Crippen LogP contribution < -0.4 is 10.1 Å². The van der Waals surface area contributed by atoms with Crippen molar-refractivity contribution in [3.05, 3.63) is 59.4 Å². The summed E-state index contributed by atoms with van der Waals surface area (Å²) in [7, 11) is 1.37. The number of nitrogens with one attached hydrogen (secondary N) is 1. The van der Waals surface area contributed by atoms with Gasteiger partial charge in [-0.3, -0.25) is 4.79 Å². The van der Waals surface area contributed by atoms with Gasteiger partial charge >= 0.3 is 0 Å². The van der Waals surface area contributed by atoms with Crippen LogP contribution in [0.2, 0.25) is 0 Å². The maximum Gasteiger partial charge on any atom is 0.250 e. The number of carbonyl (C=O) groups is 1. The number of pyridine rings is 2. The van der Waals surface area contributed by atoms with Crippen molar-refractivity contribution in [3.8, 4) is 17.3 Å². The number of ether oxygens (including phenoxy) is 1. The van der Waals surface area contributed by atoms with Crippen molar-refractivity contribution < 1.29 is 13.9 Å². The van der Waals surface area contributed by atoms with Gasteiger partial charge in [-0.25, -0.2) is 24.3 Å². The fourth-order valence-corrected chi connectivity index (χ4v) is 4.99. The van der Waals surface area contributed by atoms with E-state index in [0.29, 0.717) is 24.5 Å². The van der Waals surface area contributed by atoms with Crippen LogP contribution in [0.3, 0.4) is 0 Å². The van der Waals surface area contributed by atoms with Crippen LogP contribution >= 0.6 is 0 Å². The van der Waals surface area contributed by atoms with Crippen molar-refractivity contribution in [3.63, 3.8) is 0 Å². The van der Waals surface area contributed by atoms with Gasteiger partial charge in [0.2, 0.25) is 11.8 Å². The van der Waals surface area contributed by atoms with Gasteiger partial charge in [0.15, 0.2) is 11.6 Å². The lowest BCUT2D eigenvalue weighted by Gasteiger charge is -2.36. The molecule has 0 radical (unpaired) electrons. The van der Waals surface area contributed by atoms with Gasteiger partial charge in [0.1, 0.15) is 5.82 Å². The molecule has 1 amide bonds. The predicted molar refractivity (Wildman–Crippen MR) is 125 cm³/mol. The van der Waals surface area contributed by atoms with E-state index in [1.54, 1.807) is 31.5 Å². The van der Waals surface area contributed by atoms with Crippen molar-refractivity contribution in [1.82, 2.24) is 24.8 Å². The van der Waals surface area contributed by atoms with E-state index in [1.807, 2.05) is 11.8 Å². The van der Waals surface area contributed by atoms with E-state index in [1.165, 1.54) is 13.3 Å². The molecule has 2 aliphatic heterocycles. The SMILES string of the molecule is COc1nccc([C@@H](C)C(=O)N2CC[C@@]3(CCc4cc(-c5ncccn5)c(C)nc4N3)C2)c1F. The summed E-state index contributed by atoms with van der Waals surface area (Å²) in [5, 5.41) is 3.64. The van der Waals surface area contributed by atoms with Gasteiger partial charge < -0.3 is 15.0 Å². The molecule has 176 valence electrons.